The van der Waals surface area contributed by atoms with E-state index >= 15 is 0 Å². The highest BCUT2D eigenvalue weighted by Gasteiger charge is 2.30. The molecule has 3 atom stereocenters. The van der Waals surface area contributed by atoms with E-state index in [0.29, 0.717) is 5.56 Å². The monoisotopic (exact) mass is 509 g/mol. The van der Waals surface area contributed by atoms with Gasteiger partial charge in [0.15, 0.2) is 5.69 Å². The maximum atomic E-state index is 13.2. The Kier molecular flexibility index (Phi) is 8.14. The van der Waals surface area contributed by atoms with Crippen molar-refractivity contribution in [1.82, 2.24) is 14.9 Å². The zero-order chi connectivity index (χ0) is 26.8. The van der Waals surface area contributed by atoms with E-state index in [1.807, 2.05) is 0 Å². The van der Waals surface area contributed by atoms with Crippen LogP contribution in [-0.4, -0.2) is 60.8 Å². The number of aliphatic hydroxyl groups excluding tert-OH is 4. The molecule has 2 aromatic carbocycles. The Morgan fingerprint density at radius 1 is 1.06 bits per heavy atom. The van der Waals surface area contributed by atoms with Crippen LogP contribution in [0.3, 0.4) is 0 Å². The topological polar surface area (TPSA) is 145 Å². The van der Waals surface area contributed by atoms with E-state index in [9.17, 15) is 38.1 Å². The molecule has 0 aliphatic rings. The third kappa shape index (κ3) is 5.90. The van der Waals surface area contributed by atoms with Crippen molar-refractivity contribution in [2.45, 2.75) is 51.4 Å². The number of rotatable bonds is 8. The van der Waals surface area contributed by atoms with E-state index in [-0.39, 0.29) is 17.6 Å². The molecule has 0 aliphatic heterocycles. The molecule has 0 saturated carbocycles. The molecule has 3 rings (SSSR count). The van der Waals surface area contributed by atoms with Crippen LogP contribution < -0.4 is 10.9 Å². The lowest BCUT2D eigenvalue weighted by Crippen LogP contribution is -2.44. The summed E-state index contributed by atoms with van der Waals surface area (Å²) in [7, 11) is 0. The van der Waals surface area contributed by atoms with E-state index < -0.39 is 60.4 Å². The molecule has 1 heterocycles. The van der Waals surface area contributed by atoms with E-state index in [4.69, 9.17) is 5.11 Å². The zero-order valence-electron chi connectivity index (χ0n) is 19.5. The summed E-state index contributed by atoms with van der Waals surface area (Å²) in [6, 6.07) is 7.42. The SMILES string of the molecule is Cc1cc2nc(C(=O)NCc3ccc(C(F)(F)F)cc3)c(=O)n(C[C@H](O)[C@H](O)[C@H](O)CO)c2cc1C. The predicted molar refractivity (Wildman–Crippen MR) is 123 cm³/mol. The number of hydrogen-bond donors (Lipinski definition) is 5. The first-order valence-corrected chi connectivity index (χ1v) is 10.9. The lowest BCUT2D eigenvalue weighted by molar-refractivity contribution is -0.137. The Labute approximate surface area is 203 Å². The molecular weight excluding hydrogens is 483 g/mol. The van der Waals surface area contributed by atoms with Crippen molar-refractivity contribution in [1.29, 1.82) is 0 Å². The number of benzene rings is 2. The maximum Gasteiger partial charge on any atom is 0.416 e. The summed E-state index contributed by atoms with van der Waals surface area (Å²) in [6.45, 7) is 2.08. The highest BCUT2D eigenvalue weighted by atomic mass is 19.4. The summed E-state index contributed by atoms with van der Waals surface area (Å²) in [5, 5.41) is 41.5. The van der Waals surface area contributed by atoms with Crippen molar-refractivity contribution < 1.29 is 38.4 Å². The first-order chi connectivity index (χ1) is 16.8. The molecule has 36 heavy (non-hydrogen) atoms. The van der Waals surface area contributed by atoms with Crippen LogP contribution in [-0.2, 0) is 19.3 Å². The fraction of sp³-hybridized carbons (Fsp3) is 0.375. The fourth-order valence-corrected chi connectivity index (χ4v) is 3.56. The molecule has 1 amide bonds. The molecule has 9 nitrogen and oxygen atoms in total. The average molecular weight is 509 g/mol. The molecule has 194 valence electrons. The second-order valence-corrected chi connectivity index (χ2v) is 8.49. The number of halogens is 3. The molecule has 0 spiro atoms. The summed E-state index contributed by atoms with van der Waals surface area (Å²) < 4.78 is 39.3. The van der Waals surface area contributed by atoms with Crippen molar-refractivity contribution >= 4 is 16.9 Å². The molecule has 0 unspecified atom stereocenters. The summed E-state index contributed by atoms with van der Waals surface area (Å²) in [5.74, 6) is -0.890. The number of carbonyl (C=O) groups excluding carboxylic acids is 1. The quantitative estimate of drug-likeness (QED) is 0.305. The summed E-state index contributed by atoms with van der Waals surface area (Å²) >= 11 is 0. The van der Waals surface area contributed by atoms with E-state index in [2.05, 4.69) is 10.3 Å². The van der Waals surface area contributed by atoms with Gasteiger partial charge in [-0.1, -0.05) is 12.1 Å². The smallest absolute Gasteiger partial charge is 0.394 e. The van der Waals surface area contributed by atoms with Gasteiger partial charge in [-0.05, 0) is 54.8 Å². The van der Waals surface area contributed by atoms with Gasteiger partial charge in [0.05, 0.1) is 29.7 Å². The van der Waals surface area contributed by atoms with Crippen LogP contribution in [0.4, 0.5) is 13.2 Å². The number of nitrogens with one attached hydrogen (secondary N) is 1. The number of aryl methyl sites for hydroxylation is 2. The Morgan fingerprint density at radius 2 is 1.67 bits per heavy atom. The summed E-state index contributed by atoms with van der Waals surface area (Å²) in [5.41, 5.74) is 0.237. The lowest BCUT2D eigenvalue weighted by Gasteiger charge is -2.23. The Bertz CT molecular complexity index is 1310. The molecule has 0 saturated heterocycles. The summed E-state index contributed by atoms with van der Waals surface area (Å²) in [6.07, 6.45) is -9.59. The van der Waals surface area contributed by atoms with Crippen molar-refractivity contribution in [3.05, 3.63) is 74.7 Å². The second-order valence-electron chi connectivity index (χ2n) is 8.49. The van der Waals surface area contributed by atoms with E-state index in [1.165, 1.54) is 12.1 Å². The van der Waals surface area contributed by atoms with Crippen molar-refractivity contribution in [3.8, 4) is 0 Å². The van der Waals surface area contributed by atoms with Gasteiger partial charge < -0.3 is 30.3 Å². The van der Waals surface area contributed by atoms with Crippen LogP contribution in [0.25, 0.3) is 11.0 Å². The number of alkyl halides is 3. The number of fused-ring (bicyclic) bond motifs is 1. The van der Waals surface area contributed by atoms with E-state index in [1.54, 1.807) is 26.0 Å². The van der Waals surface area contributed by atoms with Gasteiger partial charge >= 0.3 is 6.18 Å². The van der Waals surface area contributed by atoms with Crippen LogP contribution in [0.5, 0.6) is 0 Å². The third-order valence-corrected chi connectivity index (χ3v) is 5.86. The number of aromatic nitrogens is 2. The van der Waals surface area contributed by atoms with Crippen LogP contribution in [0, 0.1) is 13.8 Å². The minimum Gasteiger partial charge on any atom is -0.394 e. The van der Waals surface area contributed by atoms with Gasteiger partial charge in [0.2, 0.25) is 0 Å². The van der Waals surface area contributed by atoms with Gasteiger partial charge in [-0.25, -0.2) is 4.98 Å². The third-order valence-electron chi connectivity index (χ3n) is 5.86. The van der Waals surface area contributed by atoms with Crippen LogP contribution in [0.2, 0.25) is 0 Å². The standard InChI is InChI=1S/C24H26F3N3O6/c1-12-7-16-17(8-13(12)2)30(10-18(32)21(34)19(33)11-31)23(36)20(29-16)22(35)28-9-14-3-5-15(6-4-14)24(25,26)27/h3-8,18-19,21,31-34H,9-11H2,1-2H3,(H,28,35)/t18-,19+,21-/m0/s1. The van der Waals surface area contributed by atoms with Crippen LogP contribution >= 0.6 is 0 Å². The number of hydrogen-bond acceptors (Lipinski definition) is 7. The van der Waals surface area contributed by atoms with Gasteiger partial charge in [-0.3, -0.25) is 9.59 Å². The largest absolute Gasteiger partial charge is 0.416 e. The Balaban J connectivity index is 1.95. The normalized spacial score (nSPS) is 14.5. The van der Waals surface area contributed by atoms with Gasteiger partial charge in [0.25, 0.3) is 11.5 Å². The van der Waals surface area contributed by atoms with Gasteiger partial charge in [0, 0.05) is 6.54 Å². The average Bonchev–Trinajstić information content (AvgIpc) is 2.83. The molecule has 0 fully saturated rings. The minimum atomic E-state index is -4.50. The highest BCUT2D eigenvalue weighted by Crippen LogP contribution is 2.29. The first-order valence-electron chi connectivity index (χ1n) is 10.9. The van der Waals surface area contributed by atoms with Gasteiger partial charge in [0.1, 0.15) is 18.3 Å². The maximum absolute atomic E-state index is 13.2. The molecular formula is C24H26F3N3O6. The minimum absolute atomic E-state index is 0.174. The summed E-state index contributed by atoms with van der Waals surface area (Å²) in [4.78, 5) is 30.2. The van der Waals surface area contributed by atoms with Crippen molar-refractivity contribution in [3.63, 3.8) is 0 Å². The molecule has 12 heteroatoms. The predicted octanol–water partition coefficient (Wildman–Crippen LogP) is 1.04. The second kappa shape index (κ2) is 10.7. The van der Waals surface area contributed by atoms with Crippen LogP contribution in [0.1, 0.15) is 32.7 Å². The Morgan fingerprint density at radius 3 is 2.25 bits per heavy atom. The van der Waals surface area contributed by atoms with Gasteiger partial charge in [-0.15, -0.1) is 0 Å². The molecule has 0 radical (unpaired) electrons. The molecule has 3 aromatic rings. The van der Waals surface area contributed by atoms with E-state index in [0.717, 1.165) is 27.8 Å². The molecule has 5 N–H and O–H groups in total. The number of amides is 1. The highest BCUT2D eigenvalue weighted by molar-refractivity contribution is 5.94. The van der Waals surface area contributed by atoms with Crippen molar-refractivity contribution in [2.75, 3.05) is 6.61 Å². The fourth-order valence-electron chi connectivity index (χ4n) is 3.56. The number of nitrogens with zero attached hydrogens (tertiary/aromatic N) is 2. The molecule has 1 aromatic heterocycles. The van der Waals surface area contributed by atoms with Gasteiger partial charge in [-0.2, -0.15) is 13.2 Å². The lowest BCUT2D eigenvalue weighted by atomic mass is 10.1. The number of aliphatic hydroxyl groups is 4. The Hall–Kier alpha value is -3.32. The van der Waals surface area contributed by atoms with Crippen LogP contribution in [0.15, 0.2) is 41.2 Å². The molecule has 0 aliphatic carbocycles. The molecule has 0 bridgehead atoms. The number of carbonyl (C=O) groups is 1. The zero-order valence-corrected chi connectivity index (χ0v) is 19.5. The van der Waals surface area contributed by atoms with Crippen molar-refractivity contribution in [2.24, 2.45) is 0 Å². The first kappa shape index (κ1) is 27.3.